The summed E-state index contributed by atoms with van der Waals surface area (Å²) in [6, 6.07) is 0. The first-order chi connectivity index (χ1) is 5.91. The van der Waals surface area contributed by atoms with Crippen LogP contribution in [-0.4, -0.2) is 5.75 Å². The minimum Gasteiger partial charge on any atom is -0.134 e. The van der Waals surface area contributed by atoms with Crippen molar-refractivity contribution in [1.82, 2.24) is 0 Å². The van der Waals surface area contributed by atoms with Crippen LogP contribution in [0.2, 0.25) is 0 Å². The first-order valence-electron chi connectivity index (χ1n) is 4.97. The molecule has 0 N–H and O–H groups in total. The average Bonchev–Trinajstić information content (AvgIpc) is 2.10. The molecule has 0 aliphatic carbocycles. The van der Waals surface area contributed by atoms with Crippen molar-refractivity contribution in [2.45, 2.75) is 45.4 Å². The lowest BCUT2D eigenvalue weighted by molar-refractivity contribution is 0.815. The zero-order chi connectivity index (χ0) is 9.07. The van der Waals surface area contributed by atoms with Crippen LogP contribution < -0.4 is 0 Å². The van der Waals surface area contributed by atoms with E-state index in [9.17, 15) is 0 Å². The SMILES string of the molecule is [CH2]CCCCSC=CCCCC. The summed E-state index contributed by atoms with van der Waals surface area (Å²) in [7, 11) is 0. The lowest BCUT2D eigenvalue weighted by Crippen LogP contribution is -1.76. The molecule has 12 heavy (non-hydrogen) atoms. The van der Waals surface area contributed by atoms with Gasteiger partial charge in [0.1, 0.15) is 0 Å². The average molecular weight is 185 g/mol. The molecule has 0 rings (SSSR count). The van der Waals surface area contributed by atoms with E-state index in [1.165, 1.54) is 37.9 Å². The minimum atomic E-state index is 1.08. The topological polar surface area (TPSA) is 0 Å². The summed E-state index contributed by atoms with van der Waals surface area (Å²) in [5.74, 6) is 1.26. The number of allylic oxidation sites excluding steroid dienone is 1. The Bertz CT molecular complexity index is 97.2. The third-order valence-electron chi connectivity index (χ3n) is 1.68. The Labute approximate surface area is 81.8 Å². The van der Waals surface area contributed by atoms with Crippen LogP contribution in [0.4, 0.5) is 0 Å². The van der Waals surface area contributed by atoms with Gasteiger partial charge in [-0.1, -0.05) is 45.6 Å². The molecule has 0 aromatic heterocycles. The second-order valence-corrected chi connectivity index (χ2v) is 3.96. The summed E-state index contributed by atoms with van der Waals surface area (Å²) in [5, 5.41) is 2.25. The first kappa shape index (κ1) is 12.1. The van der Waals surface area contributed by atoms with E-state index in [2.05, 4.69) is 25.3 Å². The molecule has 0 bridgehead atoms. The zero-order valence-corrected chi connectivity index (χ0v) is 9.04. The summed E-state index contributed by atoms with van der Waals surface area (Å²) in [5.41, 5.74) is 0. The highest BCUT2D eigenvalue weighted by molar-refractivity contribution is 8.02. The Hall–Kier alpha value is 0.0900. The van der Waals surface area contributed by atoms with E-state index >= 15 is 0 Å². The third kappa shape index (κ3) is 10.1. The maximum atomic E-state index is 3.82. The van der Waals surface area contributed by atoms with Crippen LogP contribution in [0.1, 0.15) is 45.4 Å². The molecule has 0 saturated heterocycles. The predicted molar refractivity (Wildman–Crippen MR) is 60.3 cm³/mol. The molecular weight excluding hydrogens is 164 g/mol. The van der Waals surface area contributed by atoms with Gasteiger partial charge >= 0.3 is 0 Å². The molecule has 0 aliphatic rings. The Morgan fingerprint density at radius 2 is 2.08 bits per heavy atom. The number of hydrogen-bond donors (Lipinski definition) is 0. The smallest absolute Gasteiger partial charge is 0.00261 e. The van der Waals surface area contributed by atoms with Gasteiger partial charge in [-0.05, 0) is 24.0 Å². The van der Waals surface area contributed by atoms with E-state index in [1.54, 1.807) is 0 Å². The molecule has 0 fully saturated rings. The van der Waals surface area contributed by atoms with Crippen molar-refractivity contribution in [3.05, 3.63) is 18.4 Å². The second-order valence-electron chi connectivity index (χ2n) is 2.95. The summed E-state index contributed by atoms with van der Waals surface area (Å²) in [6.07, 6.45) is 9.84. The molecule has 0 spiro atoms. The monoisotopic (exact) mass is 185 g/mol. The number of hydrogen-bond acceptors (Lipinski definition) is 1. The number of rotatable bonds is 8. The van der Waals surface area contributed by atoms with Crippen molar-refractivity contribution >= 4 is 11.8 Å². The molecule has 0 aromatic rings. The van der Waals surface area contributed by atoms with Gasteiger partial charge < -0.3 is 0 Å². The fraction of sp³-hybridized carbons (Fsp3) is 0.727. The molecule has 0 atom stereocenters. The lowest BCUT2D eigenvalue weighted by Gasteiger charge is -1.93. The van der Waals surface area contributed by atoms with Gasteiger partial charge in [0.25, 0.3) is 0 Å². The number of unbranched alkanes of at least 4 members (excludes halogenated alkanes) is 4. The molecule has 0 aromatic carbocycles. The Morgan fingerprint density at radius 1 is 1.25 bits per heavy atom. The maximum absolute atomic E-state index is 3.82. The lowest BCUT2D eigenvalue weighted by atomic mass is 10.2. The maximum Gasteiger partial charge on any atom is -0.00261 e. The zero-order valence-electron chi connectivity index (χ0n) is 8.22. The standard InChI is InChI=1S/C11H21S/c1-3-5-7-9-11-12-10-8-6-4-2/h9,11H,2-8,10H2,1H3. The van der Waals surface area contributed by atoms with E-state index in [0.29, 0.717) is 0 Å². The highest BCUT2D eigenvalue weighted by Crippen LogP contribution is 2.08. The fourth-order valence-corrected chi connectivity index (χ4v) is 1.67. The molecule has 0 aliphatic heterocycles. The summed E-state index contributed by atoms with van der Waals surface area (Å²) < 4.78 is 0. The van der Waals surface area contributed by atoms with Crippen molar-refractivity contribution in [3.8, 4) is 0 Å². The summed E-state index contributed by atoms with van der Waals surface area (Å²) >= 11 is 1.94. The molecule has 0 heterocycles. The molecule has 0 nitrogen and oxygen atoms in total. The molecule has 1 radical (unpaired) electrons. The Kier molecular flexibility index (Phi) is 11.2. The van der Waals surface area contributed by atoms with Crippen molar-refractivity contribution in [3.63, 3.8) is 0 Å². The normalized spacial score (nSPS) is 11.2. The van der Waals surface area contributed by atoms with Crippen LogP contribution >= 0.6 is 11.8 Å². The molecular formula is C11H21S. The second kappa shape index (κ2) is 11.1. The first-order valence-corrected chi connectivity index (χ1v) is 6.02. The van der Waals surface area contributed by atoms with E-state index in [1.807, 2.05) is 11.8 Å². The summed E-state index contributed by atoms with van der Waals surface area (Å²) in [4.78, 5) is 0. The van der Waals surface area contributed by atoms with Gasteiger partial charge in [-0.15, -0.1) is 11.8 Å². The van der Waals surface area contributed by atoms with Gasteiger partial charge in [0.05, 0.1) is 0 Å². The quantitative estimate of drug-likeness (QED) is 0.504. The van der Waals surface area contributed by atoms with Crippen molar-refractivity contribution in [1.29, 1.82) is 0 Å². The van der Waals surface area contributed by atoms with Gasteiger partial charge in [0, 0.05) is 0 Å². The van der Waals surface area contributed by atoms with E-state index in [4.69, 9.17) is 0 Å². The molecule has 0 saturated carbocycles. The Balaban J connectivity index is 2.92. The molecule has 0 unspecified atom stereocenters. The van der Waals surface area contributed by atoms with Crippen LogP contribution in [0.15, 0.2) is 11.5 Å². The van der Waals surface area contributed by atoms with Gasteiger partial charge in [-0.3, -0.25) is 0 Å². The van der Waals surface area contributed by atoms with Gasteiger partial charge in [-0.25, -0.2) is 0 Å². The highest BCUT2D eigenvalue weighted by atomic mass is 32.2. The van der Waals surface area contributed by atoms with Gasteiger partial charge in [0.2, 0.25) is 0 Å². The van der Waals surface area contributed by atoms with Gasteiger partial charge in [0.15, 0.2) is 0 Å². The fourth-order valence-electron chi connectivity index (χ4n) is 0.888. The molecule has 1 heteroatoms. The van der Waals surface area contributed by atoms with Crippen LogP contribution in [0.3, 0.4) is 0 Å². The van der Waals surface area contributed by atoms with Crippen LogP contribution in [0.5, 0.6) is 0 Å². The van der Waals surface area contributed by atoms with Crippen molar-refractivity contribution in [2.24, 2.45) is 0 Å². The Morgan fingerprint density at radius 3 is 2.75 bits per heavy atom. The van der Waals surface area contributed by atoms with Crippen LogP contribution in [0, 0.1) is 6.92 Å². The van der Waals surface area contributed by atoms with Crippen LogP contribution in [-0.2, 0) is 0 Å². The van der Waals surface area contributed by atoms with Crippen molar-refractivity contribution in [2.75, 3.05) is 5.75 Å². The van der Waals surface area contributed by atoms with E-state index in [0.717, 1.165) is 6.42 Å². The minimum absolute atomic E-state index is 1.08. The van der Waals surface area contributed by atoms with Crippen molar-refractivity contribution < 1.29 is 0 Å². The van der Waals surface area contributed by atoms with E-state index in [-0.39, 0.29) is 0 Å². The largest absolute Gasteiger partial charge is 0.134 e. The summed E-state index contributed by atoms with van der Waals surface area (Å²) in [6.45, 7) is 6.05. The predicted octanol–water partition coefficient (Wildman–Crippen LogP) is 4.43. The van der Waals surface area contributed by atoms with Gasteiger partial charge in [-0.2, -0.15) is 0 Å². The van der Waals surface area contributed by atoms with E-state index < -0.39 is 0 Å². The molecule has 0 amide bonds. The highest BCUT2D eigenvalue weighted by Gasteiger charge is 1.84. The molecule has 71 valence electrons. The number of thioether (sulfide) groups is 1. The van der Waals surface area contributed by atoms with Crippen LogP contribution in [0.25, 0.3) is 0 Å². The third-order valence-corrected chi connectivity index (χ3v) is 2.59.